The summed E-state index contributed by atoms with van der Waals surface area (Å²) in [5, 5.41) is 12.0. The van der Waals surface area contributed by atoms with E-state index in [4.69, 9.17) is 14.6 Å². The van der Waals surface area contributed by atoms with Crippen LogP contribution in [0.4, 0.5) is 4.79 Å². The Morgan fingerprint density at radius 1 is 1.35 bits per heavy atom. The van der Waals surface area contributed by atoms with E-state index in [-0.39, 0.29) is 12.6 Å². The van der Waals surface area contributed by atoms with E-state index >= 15 is 0 Å². The number of carbonyl (C=O) groups excluding carboxylic acids is 1. The normalized spacial score (nSPS) is 17.0. The smallest absolute Gasteiger partial charge is 0.317 e. The lowest BCUT2D eigenvalue weighted by molar-refractivity contribution is -0.143. The van der Waals surface area contributed by atoms with Gasteiger partial charge < -0.3 is 24.8 Å². The topological polar surface area (TPSA) is 88.1 Å². The fourth-order valence-electron chi connectivity index (χ4n) is 2.97. The molecule has 1 saturated heterocycles. The molecule has 26 heavy (non-hydrogen) atoms. The predicted octanol–water partition coefficient (Wildman–Crippen LogP) is 2.42. The van der Waals surface area contributed by atoms with Gasteiger partial charge in [-0.1, -0.05) is 12.1 Å². The monoisotopic (exact) mass is 364 g/mol. The minimum Gasteiger partial charge on any atom is -0.493 e. The Morgan fingerprint density at radius 2 is 2.15 bits per heavy atom. The van der Waals surface area contributed by atoms with Crippen LogP contribution in [0, 0.1) is 12.8 Å². The molecule has 1 fully saturated rings. The van der Waals surface area contributed by atoms with Crippen molar-refractivity contribution in [2.24, 2.45) is 5.92 Å². The molecule has 0 aromatic heterocycles. The van der Waals surface area contributed by atoms with Crippen molar-refractivity contribution in [3.05, 3.63) is 29.3 Å². The summed E-state index contributed by atoms with van der Waals surface area (Å²) in [4.78, 5) is 25.1. The van der Waals surface area contributed by atoms with Crippen molar-refractivity contribution >= 4 is 12.0 Å². The molecule has 1 atom stereocenters. The molecule has 144 valence electrons. The van der Waals surface area contributed by atoms with Gasteiger partial charge in [-0.05, 0) is 31.4 Å². The molecule has 1 heterocycles. The number of carboxylic acids is 1. The number of nitrogens with one attached hydrogen (secondary N) is 1. The van der Waals surface area contributed by atoms with Crippen molar-refractivity contribution in [3.8, 4) is 5.75 Å². The van der Waals surface area contributed by atoms with E-state index in [9.17, 15) is 9.59 Å². The van der Waals surface area contributed by atoms with E-state index in [2.05, 4.69) is 5.32 Å². The van der Waals surface area contributed by atoms with Crippen molar-refractivity contribution in [1.29, 1.82) is 0 Å². The molecule has 1 aromatic rings. The minimum atomic E-state index is -0.840. The van der Waals surface area contributed by atoms with Crippen molar-refractivity contribution in [3.63, 3.8) is 0 Å². The average Bonchev–Trinajstić information content (AvgIpc) is 2.64. The quantitative estimate of drug-likeness (QED) is 0.692. The number of hydrogen-bond donors (Lipinski definition) is 2. The van der Waals surface area contributed by atoms with Gasteiger partial charge in [-0.3, -0.25) is 4.79 Å². The third-order valence-electron chi connectivity index (χ3n) is 4.46. The highest BCUT2D eigenvalue weighted by molar-refractivity contribution is 5.76. The number of urea groups is 1. The third-order valence-corrected chi connectivity index (χ3v) is 4.46. The molecule has 1 aromatic carbocycles. The zero-order valence-electron chi connectivity index (χ0n) is 15.5. The Morgan fingerprint density at radius 3 is 2.88 bits per heavy atom. The lowest BCUT2D eigenvalue weighted by atomic mass is 9.99. The first-order valence-corrected chi connectivity index (χ1v) is 8.98. The first kappa shape index (κ1) is 20.0. The van der Waals surface area contributed by atoms with E-state index in [0.717, 1.165) is 23.3 Å². The molecule has 0 aliphatic carbocycles. The van der Waals surface area contributed by atoms with Crippen LogP contribution in [0.15, 0.2) is 18.2 Å². The predicted molar refractivity (Wildman–Crippen MR) is 97.3 cm³/mol. The molecule has 2 amide bonds. The summed E-state index contributed by atoms with van der Waals surface area (Å²) in [6, 6.07) is 5.64. The first-order valence-electron chi connectivity index (χ1n) is 8.98. The van der Waals surface area contributed by atoms with Crippen LogP contribution < -0.4 is 10.1 Å². The SMILES string of the molecule is COCCCOc1cc(C)ccc1CNC(=O)N1CCCC(C(=O)O)C1. The zero-order valence-corrected chi connectivity index (χ0v) is 15.5. The van der Waals surface area contributed by atoms with Gasteiger partial charge in [0.05, 0.1) is 12.5 Å². The summed E-state index contributed by atoms with van der Waals surface area (Å²) in [7, 11) is 1.66. The van der Waals surface area contributed by atoms with Gasteiger partial charge >= 0.3 is 12.0 Å². The number of amides is 2. The maximum absolute atomic E-state index is 12.4. The van der Waals surface area contributed by atoms with Crippen molar-refractivity contribution in [2.45, 2.75) is 32.7 Å². The first-order chi connectivity index (χ1) is 12.5. The molecule has 0 saturated carbocycles. The number of aryl methyl sites for hydroxylation is 1. The Labute approximate surface area is 154 Å². The summed E-state index contributed by atoms with van der Waals surface area (Å²) in [5.41, 5.74) is 1.98. The summed E-state index contributed by atoms with van der Waals surface area (Å²) in [6.07, 6.45) is 2.12. The van der Waals surface area contributed by atoms with E-state index in [0.29, 0.717) is 39.1 Å². The van der Waals surface area contributed by atoms with E-state index < -0.39 is 11.9 Å². The van der Waals surface area contributed by atoms with Gasteiger partial charge in [-0.25, -0.2) is 4.79 Å². The van der Waals surface area contributed by atoms with Gasteiger partial charge in [0.2, 0.25) is 0 Å². The molecule has 1 aliphatic heterocycles. The Balaban J connectivity index is 1.91. The number of hydrogen-bond acceptors (Lipinski definition) is 4. The standard InChI is InChI=1S/C19H28N2O5/c1-14-6-7-15(17(11-14)26-10-4-9-25-2)12-20-19(24)21-8-3-5-16(13-21)18(22)23/h6-7,11,16H,3-5,8-10,12-13H2,1-2H3,(H,20,24)(H,22,23). The van der Waals surface area contributed by atoms with E-state index in [1.165, 1.54) is 0 Å². The van der Waals surface area contributed by atoms with Gasteiger partial charge in [0.15, 0.2) is 0 Å². The molecular weight excluding hydrogens is 336 g/mol. The van der Waals surface area contributed by atoms with Crippen molar-refractivity contribution in [1.82, 2.24) is 10.2 Å². The molecular formula is C19H28N2O5. The number of aliphatic carboxylic acids is 1. The maximum atomic E-state index is 12.4. The zero-order chi connectivity index (χ0) is 18.9. The number of piperidine rings is 1. The number of methoxy groups -OCH3 is 1. The van der Waals surface area contributed by atoms with Gasteiger partial charge in [0.25, 0.3) is 0 Å². The maximum Gasteiger partial charge on any atom is 0.317 e. The van der Waals surface area contributed by atoms with Crippen LogP contribution >= 0.6 is 0 Å². The van der Waals surface area contributed by atoms with Crippen LogP contribution in [0.25, 0.3) is 0 Å². The summed E-state index contributed by atoms with van der Waals surface area (Å²) >= 11 is 0. The number of nitrogens with zero attached hydrogens (tertiary/aromatic N) is 1. The van der Waals surface area contributed by atoms with Gasteiger partial charge in [0.1, 0.15) is 5.75 Å². The second-order valence-corrected chi connectivity index (χ2v) is 6.59. The second kappa shape index (κ2) is 10.0. The number of benzene rings is 1. The largest absolute Gasteiger partial charge is 0.493 e. The molecule has 2 N–H and O–H groups in total. The van der Waals surface area contributed by atoms with E-state index in [1.54, 1.807) is 12.0 Å². The van der Waals surface area contributed by atoms with Crippen LogP contribution in [0.1, 0.15) is 30.4 Å². The molecule has 7 nitrogen and oxygen atoms in total. The number of carbonyl (C=O) groups is 2. The fourth-order valence-corrected chi connectivity index (χ4v) is 2.97. The third kappa shape index (κ3) is 5.91. The lowest BCUT2D eigenvalue weighted by Gasteiger charge is -2.30. The van der Waals surface area contributed by atoms with Crippen LogP contribution in [0.3, 0.4) is 0 Å². The Hall–Kier alpha value is -2.28. The molecule has 1 unspecified atom stereocenters. The van der Waals surface area contributed by atoms with Gasteiger partial charge in [0, 0.05) is 45.3 Å². The Kier molecular flexibility index (Phi) is 7.72. The van der Waals surface area contributed by atoms with Gasteiger partial charge in [-0.15, -0.1) is 0 Å². The molecule has 2 rings (SSSR count). The van der Waals surface area contributed by atoms with Crippen LogP contribution in [-0.4, -0.2) is 55.4 Å². The van der Waals surface area contributed by atoms with Gasteiger partial charge in [-0.2, -0.15) is 0 Å². The number of likely N-dealkylation sites (tertiary alicyclic amines) is 1. The molecule has 1 aliphatic rings. The molecule has 0 spiro atoms. The van der Waals surface area contributed by atoms with Crippen LogP contribution in [-0.2, 0) is 16.1 Å². The molecule has 0 radical (unpaired) electrons. The summed E-state index contributed by atoms with van der Waals surface area (Å²) in [5.74, 6) is -0.565. The number of carboxylic acid groups (broad SMARTS) is 1. The number of rotatable bonds is 8. The highest BCUT2D eigenvalue weighted by atomic mass is 16.5. The van der Waals surface area contributed by atoms with Crippen molar-refractivity contribution in [2.75, 3.05) is 33.4 Å². The van der Waals surface area contributed by atoms with Crippen LogP contribution in [0.2, 0.25) is 0 Å². The van der Waals surface area contributed by atoms with Crippen molar-refractivity contribution < 1.29 is 24.2 Å². The van der Waals surface area contributed by atoms with E-state index in [1.807, 2.05) is 25.1 Å². The average molecular weight is 364 g/mol. The van der Waals surface area contributed by atoms with Crippen LogP contribution in [0.5, 0.6) is 5.75 Å². The second-order valence-electron chi connectivity index (χ2n) is 6.59. The fraction of sp³-hybridized carbons (Fsp3) is 0.579. The Bertz CT molecular complexity index is 620. The lowest BCUT2D eigenvalue weighted by Crippen LogP contribution is -2.46. The summed E-state index contributed by atoms with van der Waals surface area (Å²) in [6.45, 7) is 4.36. The minimum absolute atomic E-state index is 0.234. The highest BCUT2D eigenvalue weighted by Crippen LogP contribution is 2.21. The molecule has 7 heteroatoms. The molecule has 0 bridgehead atoms. The summed E-state index contributed by atoms with van der Waals surface area (Å²) < 4.78 is 10.8. The number of ether oxygens (including phenoxy) is 2. The highest BCUT2D eigenvalue weighted by Gasteiger charge is 2.28.